The van der Waals surface area contributed by atoms with Crippen LogP contribution in [0.1, 0.15) is 10.4 Å². The molecule has 2 aromatic carbocycles. The van der Waals surface area contributed by atoms with Crippen LogP contribution in [0.3, 0.4) is 0 Å². The van der Waals surface area contributed by atoms with E-state index in [9.17, 15) is 9.18 Å². The molecular formula is C13H7BrCl2FNO. The zero-order chi connectivity index (χ0) is 14.0. The van der Waals surface area contributed by atoms with Crippen molar-refractivity contribution in [1.82, 2.24) is 0 Å². The van der Waals surface area contributed by atoms with Gasteiger partial charge < -0.3 is 5.32 Å². The summed E-state index contributed by atoms with van der Waals surface area (Å²) in [6.07, 6.45) is 0. The minimum atomic E-state index is -0.486. The third-order valence-corrected chi connectivity index (χ3v) is 4.00. The number of carbonyl (C=O) groups is 1. The summed E-state index contributed by atoms with van der Waals surface area (Å²) in [6, 6.07) is 8.69. The molecule has 2 rings (SSSR count). The van der Waals surface area contributed by atoms with Gasteiger partial charge in [-0.2, -0.15) is 0 Å². The third-order valence-electron chi connectivity index (χ3n) is 2.37. The van der Waals surface area contributed by atoms with Crippen LogP contribution in [-0.2, 0) is 0 Å². The maximum atomic E-state index is 13.1. The second-order valence-corrected chi connectivity index (χ2v) is 5.32. The molecule has 0 saturated heterocycles. The Balaban J connectivity index is 2.31. The first-order valence-electron chi connectivity index (χ1n) is 5.19. The zero-order valence-electron chi connectivity index (χ0n) is 9.38. The van der Waals surface area contributed by atoms with Crippen molar-refractivity contribution in [3.8, 4) is 0 Å². The van der Waals surface area contributed by atoms with E-state index in [-0.39, 0.29) is 21.3 Å². The molecule has 0 bridgehead atoms. The smallest absolute Gasteiger partial charge is 0.257 e. The first-order chi connectivity index (χ1) is 8.99. The fraction of sp³-hybridized carbons (Fsp3) is 0. The molecule has 2 aromatic rings. The summed E-state index contributed by atoms with van der Waals surface area (Å²) in [5.41, 5.74) is 0.471. The average Bonchev–Trinajstić information content (AvgIpc) is 2.37. The van der Waals surface area contributed by atoms with Crippen LogP contribution in [0.4, 0.5) is 10.1 Å². The highest BCUT2D eigenvalue weighted by atomic mass is 79.9. The number of rotatable bonds is 2. The van der Waals surface area contributed by atoms with Crippen LogP contribution in [0, 0.1) is 5.82 Å². The molecule has 1 N–H and O–H groups in total. The molecule has 0 radical (unpaired) electrons. The normalized spacial score (nSPS) is 10.3. The van der Waals surface area contributed by atoms with Crippen LogP contribution < -0.4 is 5.32 Å². The summed E-state index contributed by atoms with van der Waals surface area (Å²) < 4.78 is 13.7. The maximum Gasteiger partial charge on any atom is 0.257 e. The Morgan fingerprint density at radius 1 is 1.21 bits per heavy atom. The quantitative estimate of drug-likeness (QED) is 0.786. The fourth-order valence-corrected chi connectivity index (χ4v) is 2.20. The van der Waals surface area contributed by atoms with Gasteiger partial charge in [-0.05, 0) is 46.3 Å². The van der Waals surface area contributed by atoms with E-state index in [4.69, 9.17) is 23.2 Å². The first-order valence-corrected chi connectivity index (χ1v) is 6.74. The van der Waals surface area contributed by atoms with Crippen LogP contribution in [0.2, 0.25) is 10.0 Å². The summed E-state index contributed by atoms with van der Waals surface area (Å²) in [5.74, 6) is -0.946. The van der Waals surface area contributed by atoms with E-state index in [1.807, 2.05) is 0 Å². The number of hydrogen-bond acceptors (Lipinski definition) is 1. The number of halogens is 4. The SMILES string of the molecule is O=C(Nc1cc(F)ccc1Cl)c1cccc(Br)c1Cl. The Morgan fingerprint density at radius 3 is 2.68 bits per heavy atom. The third kappa shape index (κ3) is 3.26. The van der Waals surface area contributed by atoms with Crippen molar-refractivity contribution in [3.63, 3.8) is 0 Å². The van der Waals surface area contributed by atoms with Crippen molar-refractivity contribution >= 4 is 50.7 Å². The summed E-state index contributed by atoms with van der Waals surface area (Å²) in [5, 5.41) is 3.05. The number of anilines is 1. The Hall–Kier alpha value is -1.10. The molecule has 0 aromatic heterocycles. The largest absolute Gasteiger partial charge is 0.320 e. The Kier molecular flexibility index (Phi) is 4.45. The second kappa shape index (κ2) is 5.90. The van der Waals surface area contributed by atoms with Gasteiger partial charge in [-0.15, -0.1) is 0 Å². The van der Waals surface area contributed by atoms with Crippen molar-refractivity contribution in [2.75, 3.05) is 5.32 Å². The number of carbonyl (C=O) groups excluding carboxylic acids is 1. The van der Waals surface area contributed by atoms with Gasteiger partial charge in [-0.25, -0.2) is 4.39 Å². The maximum absolute atomic E-state index is 13.1. The van der Waals surface area contributed by atoms with E-state index in [1.54, 1.807) is 18.2 Å². The van der Waals surface area contributed by atoms with Crippen LogP contribution in [0.25, 0.3) is 0 Å². The van der Waals surface area contributed by atoms with Crippen LogP contribution in [-0.4, -0.2) is 5.91 Å². The lowest BCUT2D eigenvalue weighted by atomic mass is 10.2. The van der Waals surface area contributed by atoms with Gasteiger partial charge in [0.25, 0.3) is 5.91 Å². The van der Waals surface area contributed by atoms with Crippen LogP contribution >= 0.6 is 39.1 Å². The molecule has 0 aliphatic heterocycles. The van der Waals surface area contributed by atoms with Crippen molar-refractivity contribution in [2.45, 2.75) is 0 Å². The molecule has 0 aliphatic carbocycles. The van der Waals surface area contributed by atoms with E-state index >= 15 is 0 Å². The van der Waals surface area contributed by atoms with Gasteiger partial charge in [0.05, 0.1) is 21.3 Å². The van der Waals surface area contributed by atoms with E-state index in [2.05, 4.69) is 21.2 Å². The highest BCUT2D eigenvalue weighted by Gasteiger charge is 2.14. The molecule has 19 heavy (non-hydrogen) atoms. The van der Waals surface area contributed by atoms with E-state index in [0.29, 0.717) is 4.47 Å². The van der Waals surface area contributed by atoms with Gasteiger partial charge in [-0.1, -0.05) is 29.3 Å². The number of hydrogen-bond donors (Lipinski definition) is 1. The minimum Gasteiger partial charge on any atom is -0.320 e. The van der Waals surface area contributed by atoms with Gasteiger partial charge in [0.15, 0.2) is 0 Å². The predicted octanol–water partition coefficient (Wildman–Crippen LogP) is 5.15. The minimum absolute atomic E-state index is 0.197. The monoisotopic (exact) mass is 361 g/mol. The zero-order valence-corrected chi connectivity index (χ0v) is 12.5. The number of benzene rings is 2. The molecule has 6 heteroatoms. The molecule has 0 heterocycles. The standard InChI is InChI=1S/C13H7BrCl2FNO/c14-9-3-1-2-8(12(9)16)13(19)18-11-6-7(17)4-5-10(11)15/h1-6H,(H,18,19). The second-order valence-electron chi connectivity index (χ2n) is 3.68. The lowest BCUT2D eigenvalue weighted by Gasteiger charge is -2.09. The summed E-state index contributed by atoms with van der Waals surface area (Å²) in [7, 11) is 0. The van der Waals surface area contributed by atoms with E-state index in [0.717, 1.165) is 6.07 Å². The van der Waals surface area contributed by atoms with Gasteiger partial charge in [-0.3, -0.25) is 4.79 Å². The topological polar surface area (TPSA) is 29.1 Å². The summed E-state index contributed by atoms with van der Waals surface area (Å²) >= 11 is 15.1. The molecule has 0 fully saturated rings. The Bertz CT molecular complexity index is 649. The van der Waals surface area contributed by atoms with Crippen molar-refractivity contribution in [3.05, 3.63) is 62.3 Å². The fourth-order valence-electron chi connectivity index (χ4n) is 1.46. The van der Waals surface area contributed by atoms with Crippen LogP contribution in [0.15, 0.2) is 40.9 Å². The van der Waals surface area contributed by atoms with Crippen molar-refractivity contribution in [2.24, 2.45) is 0 Å². The van der Waals surface area contributed by atoms with E-state index in [1.165, 1.54) is 12.1 Å². The van der Waals surface area contributed by atoms with E-state index < -0.39 is 11.7 Å². The molecule has 0 atom stereocenters. The highest BCUT2D eigenvalue weighted by Crippen LogP contribution is 2.28. The average molecular weight is 363 g/mol. The van der Waals surface area contributed by atoms with Crippen molar-refractivity contribution in [1.29, 1.82) is 0 Å². The molecular weight excluding hydrogens is 356 g/mol. The Labute approximate surface area is 127 Å². The number of amides is 1. The summed E-state index contributed by atoms with van der Waals surface area (Å²) in [4.78, 5) is 12.1. The molecule has 98 valence electrons. The molecule has 1 amide bonds. The highest BCUT2D eigenvalue weighted by molar-refractivity contribution is 9.10. The molecule has 2 nitrogen and oxygen atoms in total. The molecule has 0 spiro atoms. The molecule has 0 saturated carbocycles. The van der Waals surface area contributed by atoms with Gasteiger partial charge in [0.2, 0.25) is 0 Å². The Morgan fingerprint density at radius 2 is 1.95 bits per heavy atom. The molecule has 0 unspecified atom stereocenters. The van der Waals surface area contributed by atoms with Gasteiger partial charge in [0.1, 0.15) is 5.82 Å². The van der Waals surface area contributed by atoms with Gasteiger partial charge >= 0.3 is 0 Å². The number of nitrogens with one attached hydrogen (secondary N) is 1. The lowest BCUT2D eigenvalue weighted by molar-refractivity contribution is 0.102. The molecule has 0 aliphatic rings. The van der Waals surface area contributed by atoms with Crippen LogP contribution in [0.5, 0.6) is 0 Å². The van der Waals surface area contributed by atoms with Crippen molar-refractivity contribution < 1.29 is 9.18 Å². The lowest BCUT2D eigenvalue weighted by Crippen LogP contribution is -2.13. The first kappa shape index (κ1) is 14.3. The predicted molar refractivity (Wildman–Crippen MR) is 78.5 cm³/mol. The summed E-state index contributed by atoms with van der Waals surface area (Å²) in [6.45, 7) is 0. The van der Waals surface area contributed by atoms with Gasteiger partial charge in [0, 0.05) is 4.47 Å².